The first-order valence-electron chi connectivity index (χ1n) is 5.01. The van der Waals surface area contributed by atoms with Crippen LogP contribution < -0.4 is 0 Å². The average Bonchev–Trinajstić information content (AvgIpc) is 2.16. The van der Waals surface area contributed by atoms with E-state index in [-0.39, 0.29) is 10.5 Å². The minimum absolute atomic E-state index is 0.0609. The Morgan fingerprint density at radius 3 is 2.47 bits per heavy atom. The van der Waals surface area contributed by atoms with Crippen LogP contribution in [0.4, 0.5) is 0 Å². The number of unbranched alkanes of at least 4 members (excludes halogenated alkanes) is 2. The molecule has 0 fully saturated rings. The van der Waals surface area contributed by atoms with Gasteiger partial charge in [-0.15, -0.1) is 0 Å². The van der Waals surface area contributed by atoms with Gasteiger partial charge in [-0.2, -0.15) is 0 Å². The Bertz CT molecular complexity index is 253. The zero-order valence-corrected chi connectivity index (χ0v) is 10.6. The lowest BCUT2D eigenvalue weighted by Gasteiger charge is -2.02. The van der Waals surface area contributed by atoms with E-state index in [2.05, 4.69) is 6.92 Å². The lowest BCUT2D eigenvalue weighted by atomic mass is 10.1. The fourth-order valence-corrected chi connectivity index (χ4v) is 1.23. The number of hydrogen-bond donors (Lipinski definition) is 0. The molecule has 15 heavy (non-hydrogen) atoms. The van der Waals surface area contributed by atoms with E-state index in [9.17, 15) is 4.79 Å². The smallest absolute Gasteiger partial charge is 0.337 e. The lowest BCUT2D eigenvalue weighted by Crippen LogP contribution is -2.06. The van der Waals surface area contributed by atoms with Gasteiger partial charge in [-0.3, -0.25) is 0 Å². The molecule has 0 amide bonds. The predicted molar refractivity (Wildman–Crippen MR) is 64.0 cm³/mol. The Hall–Kier alpha value is -0.470. The van der Waals surface area contributed by atoms with Crippen molar-refractivity contribution in [1.29, 1.82) is 0 Å². The maximum Gasteiger partial charge on any atom is 0.337 e. The molecule has 0 aromatic rings. The maximum atomic E-state index is 11.4. The summed E-state index contributed by atoms with van der Waals surface area (Å²) in [4.78, 5) is 11.4. The third-order valence-corrected chi connectivity index (χ3v) is 1.92. The fourth-order valence-electron chi connectivity index (χ4n) is 0.995. The van der Waals surface area contributed by atoms with Crippen LogP contribution in [0.3, 0.4) is 0 Å². The molecule has 0 atom stereocenters. The second kappa shape index (κ2) is 8.81. The van der Waals surface area contributed by atoms with Crippen LogP contribution in [-0.2, 0) is 9.53 Å². The van der Waals surface area contributed by atoms with Crippen LogP contribution in [0.5, 0.6) is 0 Å². The minimum Gasteiger partial charge on any atom is -0.462 e. The van der Waals surface area contributed by atoms with Crippen LogP contribution in [-0.4, -0.2) is 12.6 Å². The molecule has 0 unspecified atom stereocenters. The van der Waals surface area contributed by atoms with Gasteiger partial charge in [0.15, 0.2) is 0 Å². The summed E-state index contributed by atoms with van der Waals surface area (Å²) >= 11 is 11.0. The fraction of sp³-hybridized carbons (Fsp3) is 0.545. The van der Waals surface area contributed by atoms with Gasteiger partial charge in [0.2, 0.25) is 0 Å². The van der Waals surface area contributed by atoms with E-state index >= 15 is 0 Å². The van der Waals surface area contributed by atoms with Crippen molar-refractivity contribution in [3.05, 3.63) is 22.2 Å². The van der Waals surface area contributed by atoms with E-state index < -0.39 is 0 Å². The van der Waals surface area contributed by atoms with E-state index in [1.165, 1.54) is 6.08 Å². The van der Waals surface area contributed by atoms with Crippen molar-refractivity contribution in [2.45, 2.75) is 33.1 Å². The first kappa shape index (κ1) is 14.5. The molecule has 4 heteroatoms. The monoisotopic (exact) mass is 250 g/mol. The predicted octanol–water partition coefficient (Wildman–Crippen LogP) is 3.99. The van der Waals surface area contributed by atoms with Gasteiger partial charge in [-0.1, -0.05) is 49.0 Å². The third-order valence-electron chi connectivity index (χ3n) is 1.70. The van der Waals surface area contributed by atoms with E-state index in [0.29, 0.717) is 12.2 Å². The van der Waals surface area contributed by atoms with Gasteiger partial charge in [0.25, 0.3) is 0 Å². The standard InChI is InChI=1S/C11H16Cl2O2/c1-3-5-6-7-9(8-10(12)13)11(14)15-4-2/h7-8H,3-6H2,1-2H3/b9-7+. The summed E-state index contributed by atoms with van der Waals surface area (Å²) < 4.78 is 4.93. The van der Waals surface area contributed by atoms with Gasteiger partial charge < -0.3 is 4.74 Å². The molecule has 2 nitrogen and oxygen atoms in total. The van der Waals surface area contributed by atoms with Crippen LogP contribution in [0.2, 0.25) is 0 Å². The summed E-state index contributed by atoms with van der Waals surface area (Å²) in [6.07, 6.45) is 6.13. The number of halogens is 2. The van der Waals surface area contributed by atoms with Crippen molar-refractivity contribution in [2.75, 3.05) is 6.61 Å². The van der Waals surface area contributed by atoms with E-state index in [1.54, 1.807) is 13.0 Å². The molecular weight excluding hydrogens is 235 g/mol. The van der Waals surface area contributed by atoms with Crippen molar-refractivity contribution in [3.63, 3.8) is 0 Å². The molecule has 0 aromatic carbocycles. The molecule has 0 saturated carbocycles. The van der Waals surface area contributed by atoms with E-state index in [1.807, 2.05) is 0 Å². The van der Waals surface area contributed by atoms with Gasteiger partial charge in [0.1, 0.15) is 4.49 Å². The van der Waals surface area contributed by atoms with Gasteiger partial charge in [-0.05, 0) is 19.4 Å². The van der Waals surface area contributed by atoms with Crippen LogP contribution in [0.25, 0.3) is 0 Å². The summed E-state index contributed by atoms with van der Waals surface area (Å²) in [7, 11) is 0. The lowest BCUT2D eigenvalue weighted by molar-refractivity contribution is -0.138. The largest absolute Gasteiger partial charge is 0.462 e. The number of carbonyl (C=O) groups is 1. The third kappa shape index (κ3) is 7.46. The van der Waals surface area contributed by atoms with Gasteiger partial charge in [0, 0.05) is 0 Å². The number of hydrogen-bond acceptors (Lipinski definition) is 2. The summed E-state index contributed by atoms with van der Waals surface area (Å²) in [5, 5.41) is 0. The number of rotatable bonds is 6. The SMILES string of the molecule is CCCC/C=C(\C=C(Cl)Cl)C(=O)OCC. The van der Waals surface area contributed by atoms with Crippen LogP contribution in [0, 0.1) is 0 Å². The van der Waals surface area contributed by atoms with Crippen molar-refractivity contribution in [2.24, 2.45) is 0 Å². The Kier molecular flexibility index (Phi) is 8.53. The number of allylic oxidation sites excluding steroid dienone is 1. The van der Waals surface area contributed by atoms with Crippen molar-refractivity contribution >= 4 is 29.2 Å². The van der Waals surface area contributed by atoms with Crippen LogP contribution >= 0.6 is 23.2 Å². The number of ether oxygens (including phenoxy) is 1. The second-order valence-electron chi connectivity index (χ2n) is 2.96. The molecule has 0 heterocycles. The highest BCUT2D eigenvalue weighted by atomic mass is 35.5. The highest BCUT2D eigenvalue weighted by Gasteiger charge is 2.07. The van der Waals surface area contributed by atoms with Gasteiger partial charge >= 0.3 is 5.97 Å². The summed E-state index contributed by atoms with van der Waals surface area (Å²) in [6.45, 7) is 4.19. The zero-order chi connectivity index (χ0) is 11.7. The molecule has 0 aliphatic carbocycles. The molecule has 0 aromatic heterocycles. The Morgan fingerprint density at radius 2 is 2.00 bits per heavy atom. The molecule has 0 bridgehead atoms. The van der Waals surface area contributed by atoms with Gasteiger partial charge in [-0.25, -0.2) is 4.79 Å². The molecule has 0 aliphatic rings. The molecule has 0 N–H and O–H groups in total. The molecule has 0 aliphatic heterocycles. The highest BCUT2D eigenvalue weighted by molar-refractivity contribution is 6.56. The second-order valence-corrected chi connectivity index (χ2v) is 3.96. The summed E-state index contributed by atoms with van der Waals surface area (Å²) in [5.41, 5.74) is 0.422. The average molecular weight is 251 g/mol. The minimum atomic E-state index is -0.382. The Labute approximate surface area is 101 Å². The van der Waals surface area contributed by atoms with Crippen LogP contribution in [0.15, 0.2) is 22.2 Å². The topological polar surface area (TPSA) is 26.3 Å². The molecule has 86 valence electrons. The quantitative estimate of drug-likeness (QED) is 0.309. The first-order valence-corrected chi connectivity index (χ1v) is 5.77. The summed E-state index contributed by atoms with van der Waals surface area (Å²) in [6, 6.07) is 0. The van der Waals surface area contributed by atoms with Crippen molar-refractivity contribution in [1.82, 2.24) is 0 Å². The van der Waals surface area contributed by atoms with Crippen molar-refractivity contribution < 1.29 is 9.53 Å². The molecular formula is C11H16Cl2O2. The first-order chi connectivity index (χ1) is 7.11. The molecule has 0 rings (SSSR count). The maximum absolute atomic E-state index is 11.4. The zero-order valence-electron chi connectivity index (χ0n) is 9.06. The molecule has 0 radical (unpaired) electrons. The van der Waals surface area contributed by atoms with Gasteiger partial charge in [0.05, 0.1) is 12.2 Å². The van der Waals surface area contributed by atoms with Crippen molar-refractivity contribution in [3.8, 4) is 0 Å². The molecule has 0 saturated heterocycles. The highest BCUT2D eigenvalue weighted by Crippen LogP contribution is 2.13. The molecule has 0 spiro atoms. The van der Waals surface area contributed by atoms with E-state index in [0.717, 1.165) is 19.3 Å². The summed E-state index contributed by atoms with van der Waals surface area (Å²) in [5.74, 6) is -0.382. The normalized spacial score (nSPS) is 11.1. The van der Waals surface area contributed by atoms with Crippen LogP contribution in [0.1, 0.15) is 33.1 Å². The Balaban J connectivity index is 4.50. The number of esters is 1. The number of carbonyl (C=O) groups excluding carboxylic acids is 1. The Morgan fingerprint density at radius 1 is 1.33 bits per heavy atom. The van der Waals surface area contributed by atoms with E-state index in [4.69, 9.17) is 27.9 Å².